The Morgan fingerprint density at radius 3 is 2.53 bits per heavy atom. The van der Waals surface area contributed by atoms with Gasteiger partial charge in [0.2, 0.25) is 5.91 Å². The van der Waals surface area contributed by atoms with Crippen molar-refractivity contribution in [3.63, 3.8) is 0 Å². The van der Waals surface area contributed by atoms with E-state index in [2.05, 4.69) is 36.8 Å². The van der Waals surface area contributed by atoms with E-state index in [0.717, 1.165) is 16.2 Å². The molecular weight excluding hydrogens is 579 g/mol. The van der Waals surface area contributed by atoms with Crippen LogP contribution in [0.1, 0.15) is 21.7 Å². The van der Waals surface area contributed by atoms with Crippen molar-refractivity contribution in [3.8, 4) is 5.69 Å². The van der Waals surface area contributed by atoms with E-state index >= 15 is 0 Å². The first-order chi connectivity index (χ1) is 18.2. The van der Waals surface area contributed by atoms with Crippen molar-refractivity contribution in [1.82, 2.24) is 20.1 Å². The number of nitrogens with one attached hydrogen (secondary N) is 2. The van der Waals surface area contributed by atoms with Crippen LogP contribution in [0.3, 0.4) is 0 Å². The summed E-state index contributed by atoms with van der Waals surface area (Å²) in [5.74, 6) is -1.17. The minimum atomic E-state index is -0.541. The number of thioether (sulfide) groups is 1. The number of para-hydroxylation sites is 1. The molecule has 4 rings (SSSR count). The molecule has 10 nitrogen and oxygen atoms in total. The fourth-order valence-corrected chi connectivity index (χ4v) is 4.59. The Kier molecular flexibility index (Phi) is 8.48. The number of benzene rings is 3. The summed E-state index contributed by atoms with van der Waals surface area (Å²) in [6.07, 6.45) is 0. The summed E-state index contributed by atoms with van der Waals surface area (Å²) >= 11 is 4.49. The van der Waals surface area contributed by atoms with Crippen molar-refractivity contribution >= 4 is 50.9 Å². The summed E-state index contributed by atoms with van der Waals surface area (Å²) in [6.45, 7) is 1.48. The molecule has 0 spiro atoms. The van der Waals surface area contributed by atoms with Gasteiger partial charge in [0.25, 0.3) is 11.6 Å². The maximum absolute atomic E-state index is 13.9. The van der Waals surface area contributed by atoms with Gasteiger partial charge in [-0.05, 0) is 49.4 Å². The highest BCUT2D eigenvalue weighted by Gasteiger charge is 2.20. The first-order valence-corrected chi connectivity index (χ1v) is 12.9. The van der Waals surface area contributed by atoms with Crippen molar-refractivity contribution in [3.05, 3.63) is 104 Å². The summed E-state index contributed by atoms with van der Waals surface area (Å²) in [5, 5.41) is 25.3. The van der Waals surface area contributed by atoms with Gasteiger partial charge >= 0.3 is 0 Å². The molecule has 38 heavy (non-hydrogen) atoms. The Bertz CT molecular complexity index is 1510. The van der Waals surface area contributed by atoms with Crippen LogP contribution in [-0.4, -0.2) is 37.3 Å². The Hall–Kier alpha value is -4.10. The second-order valence-electron chi connectivity index (χ2n) is 7.92. The average molecular weight is 599 g/mol. The highest BCUT2D eigenvalue weighted by molar-refractivity contribution is 9.10. The van der Waals surface area contributed by atoms with Crippen LogP contribution < -0.4 is 10.6 Å². The predicted molar refractivity (Wildman–Crippen MR) is 144 cm³/mol. The average Bonchev–Trinajstić information content (AvgIpc) is 3.30. The van der Waals surface area contributed by atoms with Crippen LogP contribution >= 0.6 is 27.7 Å². The van der Waals surface area contributed by atoms with Crippen LogP contribution in [0.15, 0.2) is 76.4 Å². The molecule has 0 atom stereocenters. The lowest BCUT2D eigenvalue weighted by Gasteiger charge is -2.12. The number of nitro benzene ring substituents is 1. The fourth-order valence-electron chi connectivity index (χ4n) is 3.56. The van der Waals surface area contributed by atoms with Gasteiger partial charge < -0.3 is 10.6 Å². The third-order valence-corrected chi connectivity index (χ3v) is 6.88. The zero-order valence-corrected chi connectivity index (χ0v) is 22.3. The number of nitrogens with zero attached hydrogens (tertiary/aromatic N) is 4. The molecule has 0 aliphatic heterocycles. The standard InChI is InChI=1S/C25H20BrFN6O4S/c1-15-18(5-4-8-21(15)33(36)37)24(35)28-13-22-30-31-25(32(22)17-11-9-16(26)10-12-17)38-14-23(34)29-20-7-3-2-6-19(20)27/h2-12H,13-14H2,1H3,(H,28,35)(H,29,34). The summed E-state index contributed by atoms with van der Waals surface area (Å²) in [7, 11) is 0. The molecule has 13 heteroatoms. The molecule has 194 valence electrons. The first-order valence-electron chi connectivity index (χ1n) is 11.1. The molecule has 0 aliphatic carbocycles. The lowest BCUT2D eigenvalue weighted by Crippen LogP contribution is -2.25. The van der Waals surface area contributed by atoms with Gasteiger partial charge in [0, 0.05) is 27.4 Å². The minimum Gasteiger partial charge on any atom is -0.345 e. The van der Waals surface area contributed by atoms with Crippen LogP contribution in [0.5, 0.6) is 0 Å². The lowest BCUT2D eigenvalue weighted by molar-refractivity contribution is -0.385. The zero-order valence-electron chi connectivity index (χ0n) is 19.9. The molecule has 0 radical (unpaired) electrons. The van der Waals surface area contributed by atoms with E-state index in [1.54, 1.807) is 10.6 Å². The highest BCUT2D eigenvalue weighted by atomic mass is 79.9. The predicted octanol–water partition coefficient (Wildman–Crippen LogP) is 5.05. The van der Waals surface area contributed by atoms with E-state index < -0.39 is 22.6 Å². The number of nitro groups is 1. The van der Waals surface area contributed by atoms with Gasteiger partial charge in [-0.1, -0.05) is 45.9 Å². The number of hydrogen-bond donors (Lipinski definition) is 2. The van der Waals surface area contributed by atoms with Crippen LogP contribution in [0, 0.1) is 22.9 Å². The van der Waals surface area contributed by atoms with Crippen LogP contribution in [-0.2, 0) is 11.3 Å². The minimum absolute atomic E-state index is 0.0357. The molecule has 2 N–H and O–H groups in total. The summed E-state index contributed by atoms with van der Waals surface area (Å²) in [4.78, 5) is 36.0. The molecule has 2 amide bonds. The van der Waals surface area contributed by atoms with E-state index in [9.17, 15) is 24.1 Å². The molecule has 0 fully saturated rings. The number of aromatic nitrogens is 3. The van der Waals surface area contributed by atoms with Gasteiger partial charge in [-0.2, -0.15) is 0 Å². The van der Waals surface area contributed by atoms with Crippen LogP contribution in [0.25, 0.3) is 5.69 Å². The Balaban J connectivity index is 1.53. The maximum atomic E-state index is 13.9. The first kappa shape index (κ1) is 26.9. The van der Waals surface area contributed by atoms with Gasteiger partial charge in [0.05, 0.1) is 22.9 Å². The number of amides is 2. The van der Waals surface area contributed by atoms with Gasteiger partial charge in [-0.15, -0.1) is 10.2 Å². The fraction of sp³-hybridized carbons (Fsp3) is 0.120. The zero-order chi connectivity index (χ0) is 27.2. The Morgan fingerprint density at radius 2 is 1.82 bits per heavy atom. The lowest BCUT2D eigenvalue weighted by atomic mass is 10.1. The molecule has 0 saturated heterocycles. The molecule has 0 unspecified atom stereocenters. The van der Waals surface area contributed by atoms with Crippen molar-refractivity contribution in [2.45, 2.75) is 18.6 Å². The van der Waals surface area contributed by atoms with Crippen LogP contribution in [0.4, 0.5) is 15.8 Å². The second kappa shape index (κ2) is 12.0. The third-order valence-electron chi connectivity index (χ3n) is 5.42. The highest BCUT2D eigenvalue weighted by Crippen LogP contribution is 2.25. The van der Waals surface area contributed by atoms with E-state index in [1.807, 2.05) is 24.3 Å². The van der Waals surface area contributed by atoms with E-state index in [-0.39, 0.29) is 34.8 Å². The van der Waals surface area contributed by atoms with Gasteiger partial charge in [0.15, 0.2) is 11.0 Å². The molecule has 0 bridgehead atoms. The topological polar surface area (TPSA) is 132 Å². The maximum Gasteiger partial charge on any atom is 0.273 e. The van der Waals surface area contributed by atoms with Crippen molar-refractivity contribution in [2.75, 3.05) is 11.1 Å². The van der Waals surface area contributed by atoms with Crippen LogP contribution in [0.2, 0.25) is 0 Å². The van der Waals surface area contributed by atoms with Gasteiger partial charge in [-0.3, -0.25) is 24.3 Å². The summed E-state index contributed by atoms with van der Waals surface area (Å²) < 4.78 is 16.4. The second-order valence-corrected chi connectivity index (χ2v) is 9.77. The number of hydrogen-bond acceptors (Lipinski definition) is 7. The van der Waals surface area contributed by atoms with Crippen molar-refractivity contribution in [1.29, 1.82) is 0 Å². The number of anilines is 1. The summed E-state index contributed by atoms with van der Waals surface area (Å²) in [6, 6.07) is 17.4. The number of carbonyl (C=O) groups excluding carboxylic acids is 2. The largest absolute Gasteiger partial charge is 0.345 e. The molecule has 0 saturated carbocycles. The van der Waals surface area contributed by atoms with Gasteiger partial charge in [0.1, 0.15) is 5.82 Å². The van der Waals surface area contributed by atoms with Crippen molar-refractivity contribution < 1.29 is 18.9 Å². The van der Waals surface area contributed by atoms with E-state index in [4.69, 9.17) is 0 Å². The quantitative estimate of drug-likeness (QED) is 0.156. The molecule has 0 aliphatic rings. The molecular formula is C25H20BrFN6O4S. The monoisotopic (exact) mass is 598 g/mol. The summed E-state index contributed by atoms with van der Waals surface area (Å²) in [5.41, 5.74) is 1.04. The van der Waals surface area contributed by atoms with Crippen molar-refractivity contribution in [2.24, 2.45) is 0 Å². The number of rotatable bonds is 9. The smallest absolute Gasteiger partial charge is 0.273 e. The van der Waals surface area contributed by atoms with E-state index in [1.165, 1.54) is 43.3 Å². The molecule has 3 aromatic carbocycles. The molecule has 1 aromatic heterocycles. The number of halogens is 2. The Labute approximate surface area is 228 Å². The number of carbonyl (C=O) groups is 2. The van der Waals surface area contributed by atoms with Gasteiger partial charge in [-0.25, -0.2) is 4.39 Å². The SMILES string of the molecule is Cc1c(C(=O)NCc2nnc(SCC(=O)Nc3ccccc3F)n2-c2ccc(Br)cc2)cccc1[N+](=O)[O-]. The normalized spacial score (nSPS) is 10.7. The Morgan fingerprint density at radius 1 is 1.08 bits per heavy atom. The molecule has 4 aromatic rings. The molecule has 1 heterocycles. The van der Waals surface area contributed by atoms with E-state index in [0.29, 0.717) is 16.7 Å². The third kappa shape index (κ3) is 6.23.